The summed E-state index contributed by atoms with van der Waals surface area (Å²) in [6.07, 6.45) is 4.18. The van der Waals surface area contributed by atoms with Crippen molar-refractivity contribution in [2.75, 3.05) is 19.6 Å². The highest BCUT2D eigenvalue weighted by Gasteiger charge is 2.31. The Morgan fingerprint density at radius 3 is 2.44 bits per heavy atom. The van der Waals surface area contributed by atoms with Gasteiger partial charge in [0.05, 0.1) is 0 Å². The first-order chi connectivity index (χ1) is 7.45. The van der Waals surface area contributed by atoms with Crippen LogP contribution < -0.4 is 5.32 Å². The Hall–Kier alpha value is -0.0800. The second-order valence-electron chi connectivity index (χ2n) is 6.95. The van der Waals surface area contributed by atoms with Crippen LogP contribution in [0, 0.1) is 11.3 Å². The quantitative estimate of drug-likeness (QED) is 0.789. The molecule has 2 heteroatoms. The highest BCUT2D eigenvalue weighted by atomic mass is 15.2. The van der Waals surface area contributed by atoms with E-state index in [-0.39, 0.29) is 0 Å². The third-order valence-corrected chi connectivity index (χ3v) is 4.33. The van der Waals surface area contributed by atoms with Crippen LogP contribution in [0.25, 0.3) is 0 Å². The van der Waals surface area contributed by atoms with E-state index in [2.05, 4.69) is 37.9 Å². The van der Waals surface area contributed by atoms with E-state index in [1.54, 1.807) is 0 Å². The lowest BCUT2D eigenvalue weighted by molar-refractivity contribution is 0.180. The molecule has 0 aromatic heterocycles. The monoisotopic (exact) mass is 224 g/mol. The predicted octanol–water partition coefficient (Wildman–Crippen LogP) is 2.49. The van der Waals surface area contributed by atoms with Gasteiger partial charge >= 0.3 is 0 Å². The van der Waals surface area contributed by atoms with Crippen LogP contribution in [-0.4, -0.2) is 36.6 Å². The molecule has 1 aliphatic heterocycles. The van der Waals surface area contributed by atoms with Gasteiger partial charge in [0.2, 0.25) is 0 Å². The zero-order valence-corrected chi connectivity index (χ0v) is 11.4. The van der Waals surface area contributed by atoms with Gasteiger partial charge in [0.15, 0.2) is 0 Å². The number of rotatable bonds is 4. The van der Waals surface area contributed by atoms with Gasteiger partial charge in [-0.15, -0.1) is 0 Å². The van der Waals surface area contributed by atoms with Crippen LogP contribution >= 0.6 is 0 Å². The lowest BCUT2D eigenvalue weighted by Crippen LogP contribution is -2.37. The van der Waals surface area contributed by atoms with Crippen LogP contribution in [0.1, 0.15) is 47.0 Å². The molecule has 1 saturated heterocycles. The summed E-state index contributed by atoms with van der Waals surface area (Å²) in [5.74, 6) is 0.784. The number of hydrogen-bond donors (Lipinski definition) is 1. The molecule has 0 amide bonds. The topological polar surface area (TPSA) is 15.3 Å². The lowest BCUT2D eigenvalue weighted by Gasteiger charge is -2.31. The molecule has 2 rings (SSSR count). The van der Waals surface area contributed by atoms with Gasteiger partial charge in [-0.2, -0.15) is 0 Å². The summed E-state index contributed by atoms with van der Waals surface area (Å²) in [5.41, 5.74) is 0.446. The van der Waals surface area contributed by atoms with Crippen molar-refractivity contribution in [1.82, 2.24) is 10.2 Å². The fourth-order valence-corrected chi connectivity index (χ4v) is 2.38. The maximum atomic E-state index is 3.75. The van der Waals surface area contributed by atoms with Crippen LogP contribution in [0.2, 0.25) is 0 Å². The van der Waals surface area contributed by atoms with Crippen molar-refractivity contribution in [3.63, 3.8) is 0 Å². The molecule has 1 saturated carbocycles. The van der Waals surface area contributed by atoms with E-state index in [4.69, 9.17) is 0 Å². The van der Waals surface area contributed by atoms with E-state index in [1.165, 1.54) is 38.9 Å². The molecule has 1 N–H and O–H groups in total. The Balaban J connectivity index is 1.71. The SMILES string of the molecule is CC(CN1CCC(NC2CC2)C1)C(C)(C)C. The molecule has 0 aromatic carbocycles. The fourth-order valence-electron chi connectivity index (χ4n) is 2.38. The van der Waals surface area contributed by atoms with Crippen LogP contribution in [0.4, 0.5) is 0 Å². The van der Waals surface area contributed by atoms with Crippen molar-refractivity contribution < 1.29 is 0 Å². The first-order valence-electron chi connectivity index (χ1n) is 6.93. The van der Waals surface area contributed by atoms with Crippen LogP contribution in [0.5, 0.6) is 0 Å². The van der Waals surface area contributed by atoms with Gasteiger partial charge in [0, 0.05) is 25.2 Å². The molecular weight excluding hydrogens is 196 g/mol. The molecule has 2 aliphatic rings. The maximum absolute atomic E-state index is 3.75. The third kappa shape index (κ3) is 3.46. The van der Waals surface area contributed by atoms with Gasteiger partial charge in [0.25, 0.3) is 0 Å². The van der Waals surface area contributed by atoms with E-state index in [9.17, 15) is 0 Å². The number of nitrogens with one attached hydrogen (secondary N) is 1. The van der Waals surface area contributed by atoms with Gasteiger partial charge in [-0.1, -0.05) is 27.7 Å². The van der Waals surface area contributed by atoms with Gasteiger partial charge in [-0.25, -0.2) is 0 Å². The molecule has 94 valence electrons. The molecule has 2 unspecified atom stereocenters. The van der Waals surface area contributed by atoms with Gasteiger partial charge in [-0.05, 0) is 37.1 Å². The van der Waals surface area contributed by atoms with Crippen molar-refractivity contribution in [2.45, 2.75) is 59.0 Å². The first-order valence-corrected chi connectivity index (χ1v) is 6.93. The first kappa shape index (κ1) is 12.4. The molecule has 1 heterocycles. The van der Waals surface area contributed by atoms with Crippen molar-refractivity contribution in [3.8, 4) is 0 Å². The van der Waals surface area contributed by atoms with Gasteiger partial charge in [0.1, 0.15) is 0 Å². The smallest absolute Gasteiger partial charge is 0.0209 e. The van der Waals surface area contributed by atoms with E-state index in [0.29, 0.717) is 5.41 Å². The molecule has 0 radical (unpaired) electrons. The summed E-state index contributed by atoms with van der Waals surface area (Å²) in [6.45, 7) is 13.3. The van der Waals surface area contributed by atoms with E-state index in [0.717, 1.165) is 18.0 Å². The largest absolute Gasteiger partial charge is 0.310 e. The maximum Gasteiger partial charge on any atom is 0.0209 e. The molecule has 0 aromatic rings. The van der Waals surface area contributed by atoms with Crippen molar-refractivity contribution in [1.29, 1.82) is 0 Å². The summed E-state index contributed by atoms with van der Waals surface area (Å²) in [4.78, 5) is 2.65. The third-order valence-electron chi connectivity index (χ3n) is 4.33. The second-order valence-corrected chi connectivity index (χ2v) is 6.95. The standard InChI is InChI=1S/C14H28N2/c1-11(14(2,3)4)9-16-8-7-13(10-16)15-12-5-6-12/h11-13,15H,5-10H2,1-4H3. The van der Waals surface area contributed by atoms with Crippen molar-refractivity contribution in [2.24, 2.45) is 11.3 Å². The van der Waals surface area contributed by atoms with E-state index in [1.807, 2.05) is 0 Å². The molecule has 0 spiro atoms. The van der Waals surface area contributed by atoms with E-state index < -0.39 is 0 Å². The van der Waals surface area contributed by atoms with Crippen LogP contribution in [-0.2, 0) is 0 Å². The van der Waals surface area contributed by atoms with Gasteiger partial charge < -0.3 is 10.2 Å². The Labute approximate surface area is 101 Å². The van der Waals surface area contributed by atoms with Crippen molar-refractivity contribution in [3.05, 3.63) is 0 Å². The fraction of sp³-hybridized carbons (Fsp3) is 1.00. The molecular formula is C14H28N2. The number of hydrogen-bond acceptors (Lipinski definition) is 2. The summed E-state index contributed by atoms with van der Waals surface area (Å²) >= 11 is 0. The molecule has 0 bridgehead atoms. The minimum Gasteiger partial charge on any atom is -0.310 e. The highest BCUT2D eigenvalue weighted by Crippen LogP contribution is 2.28. The Kier molecular flexibility index (Phi) is 3.60. The Morgan fingerprint density at radius 2 is 1.88 bits per heavy atom. The zero-order valence-electron chi connectivity index (χ0n) is 11.4. The summed E-state index contributed by atoms with van der Waals surface area (Å²) in [7, 11) is 0. The van der Waals surface area contributed by atoms with Crippen molar-refractivity contribution >= 4 is 0 Å². The molecule has 16 heavy (non-hydrogen) atoms. The Bertz CT molecular complexity index is 227. The summed E-state index contributed by atoms with van der Waals surface area (Å²) in [5, 5.41) is 3.75. The minimum atomic E-state index is 0.446. The van der Waals surface area contributed by atoms with Crippen LogP contribution in [0.3, 0.4) is 0 Å². The van der Waals surface area contributed by atoms with E-state index >= 15 is 0 Å². The van der Waals surface area contributed by atoms with Crippen LogP contribution in [0.15, 0.2) is 0 Å². The molecule has 2 fully saturated rings. The average molecular weight is 224 g/mol. The highest BCUT2D eigenvalue weighted by molar-refractivity contribution is 4.90. The summed E-state index contributed by atoms with van der Waals surface area (Å²) in [6, 6.07) is 1.64. The molecule has 2 nitrogen and oxygen atoms in total. The second kappa shape index (κ2) is 4.66. The normalized spacial score (nSPS) is 29.6. The minimum absolute atomic E-state index is 0.446. The average Bonchev–Trinajstić information content (AvgIpc) is 2.85. The zero-order chi connectivity index (χ0) is 11.8. The number of nitrogens with zero attached hydrogens (tertiary/aromatic N) is 1. The van der Waals surface area contributed by atoms with Gasteiger partial charge in [-0.3, -0.25) is 0 Å². The molecule has 1 aliphatic carbocycles. The Morgan fingerprint density at radius 1 is 1.19 bits per heavy atom. The summed E-state index contributed by atoms with van der Waals surface area (Å²) < 4.78 is 0. The molecule has 2 atom stereocenters. The lowest BCUT2D eigenvalue weighted by atomic mass is 9.82. The predicted molar refractivity (Wildman–Crippen MR) is 69.6 cm³/mol. The number of likely N-dealkylation sites (tertiary alicyclic amines) is 1.